The van der Waals surface area contributed by atoms with Crippen LogP contribution in [0.25, 0.3) is 0 Å². The van der Waals surface area contributed by atoms with E-state index in [1.165, 1.54) is 0 Å². The van der Waals surface area contributed by atoms with Crippen LogP contribution in [-0.2, 0) is 6.42 Å². The Morgan fingerprint density at radius 3 is 2.25 bits per heavy atom. The Kier molecular flexibility index (Phi) is 5.90. The molecule has 0 aliphatic carbocycles. The van der Waals surface area contributed by atoms with Crippen molar-refractivity contribution in [2.24, 2.45) is 0 Å². The Hall–Kier alpha value is -1.02. The van der Waals surface area contributed by atoms with Crippen molar-refractivity contribution in [2.45, 2.75) is 25.8 Å². The molecule has 0 saturated heterocycles. The first kappa shape index (κ1) is 15.4. The van der Waals surface area contributed by atoms with Gasteiger partial charge in [0.2, 0.25) is 0 Å². The van der Waals surface area contributed by atoms with Crippen molar-refractivity contribution in [3.63, 3.8) is 0 Å². The topological polar surface area (TPSA) is 12.0 Å². The molecule has 0 heterocycles. The van der Waals surface area contributed by atoms with Gasteiger partial charge < -0.3 is 5.32 Å². The second-order valence-corrected chi connectivity index (χ2v) is 5.64. The van der Waals surface area contributed by atoms with Gasteiger partial charge in [-0.05, 0) is 42.6 Å². The lowest BCUT2D eigenvalue weighted by Gasteiger charge is -2.21. The lowest BCUT2D eigenvalue weighted by atomic mass is 9.98. The maximum atomic E-state index is 6.33. The minimum Gasteiger partial charge on any atom is -0.310 e. The molecule has 0 amide bonds. The molecule has 0 saturated carbocycles. The molecule has 1 atom stereocenters. The van der Waals surface area contributed by atoms with Crippen LogP contribution in [-0.4, -0.2) is 6.54 Å². The molecule has 2 rings (SSSR count). The summed E-state index contributed by atoms with van der Waals surface area (Å²) in [7, 11) is 0. The van der Waals surface area contributed by atoms with Crippen LogP contribution >= 0.6 is 23.2 Å². The second kappa shape index (κ2) is 7.68. The molecule has 0 bridgehead atoms. The molecule has 0 aromatic heterocycles. The van der Waals surface area contributed by atoms with Crippen molar-refractivity contribution in [3.05, 3.63) is 69.7 Å². The van der Waals surface area contributed by atoms with Crippen LogP contribution in [0.15, 0.2) is 48.5 Å². The Bertz CT molecular complexity index is 554. The molecule has 0 aliphatic rings. The molecule has 20 heavy (non-hydrogen) atoms. The molecule has 0 fully saturated rings. The van der Waals surface area contributed by atoms with Crippen LogP contribution in [0.4, 0.5) is 0 Å². The third-order valence-corrected chi connectivity index (χ3v) is 4.02. The number of rotatable bonds is 6. The van der Waals surface area contributed by atoms with Crippen LogP contribution in [0.2, 0.25) is 10.0 Å². The summed E-state index contributed by atoms with van der Waals surface area (Å²) >= 11 is 12.6. The van der Waals surface area contributed by atoms with E-state index in [9.17, 15) is 0 Å². The third kappa shape index (κ3) is 3.99. The van der Waals surface area contributed by atoms with Gasteiger partial charge in [0.15, 0.2) is 0 Å². The minimum atomic E-state index is 0.184. The van der Waals surface area contributed by atoms with E-state index in [0.717, 1.165) is 40.6 Å². The average Bonchev–Trinajstić information content (AvgIpc) is 2.46. The quantitative estimate of drug-likeness (QED) is 0.766. The molecule has 0 spiro atoms. The maximum absolute atomic E-state index is 6.33. The van der Waals surface area contributed by atoms with Crippen LogP contribution in [0.1, 0.15) is 30.5 Å². The highest BCUT2D eigenvalue weighted by Gasteiger charge is 2.15. The molecule has 3 heteroatoms. The molecule has 1 N–H and O–H groups in total. The molecule has 0 radical (unpaired) electrons. The Labute approximate surface area is 130 Å². The first-order chi connectivity index (χ1) is 9.72. The summed E-state index contributed by atoms with van der Waals surface area (Å²) in [5, 5.41) is 5.17. The van der Waals surface area contributed by atoms with E-state index >= 15 is 0 Å². The highest BCUT2D eigenvalue weighted by atomic mass is 35.5. The summed E-state index contributed by atoms with van der Waals surface area (Å²) in [6, 6.07) is 16.1. The van der Waals surface area contributed by atoms with E-state index in [4.69, 9.17) is 23.2 Å². The van der Waals surface area contributed by atoms with Crippen molar-refractivity contribution in [1.82, 2.24) is 5.32 Å². The van der Waals surface area contributed by atoms with Crippen LogP contribution in [0.3, 0.4) is 0 Å². The first-order valence-corrected chi connectivity index (χ1v) is 7.69. The van der Waals surface area contributed by atoms with E-state index in [-0.39, 0.29) is 6.04 Å². The van der Waals surface area contributed by atoms with Crippen molar-refractivity contribution >= 4 is 23.2 Å². The summed E-state index contributed by atoms with van der Waals surface area (Å²) in [5.74, 6) is 0. The van der Waals surface area contributed by atoms with Gasteiger partial charge in [0.25, 0.3) is 0 Å². The predicted octanol–water partition coefficient (Wildman–Crippen LogP) is 5.28. The summed E-state index contributed by atoms with van der Waals surface area (Å²) < 4.78 is 0. The van der Waals surface area contributed by atoms with Crippen LogP contribution in [0.5, 0.6) is 0 Å². The number of halogens is 2. The van der Waals surface area contributed by atoms with E-state index in [1.54, 1.807) is 0 Å². The zero-order chi connectivity index (χ0) is 14.4. The van der Waals surface area contributed by atoms with Crippen LogP contribution in [0, 0.1) is 0 Å². The van der Waals surface area contributed by atoms with Crippen molar-refractivity contribution < 1.29 is 0 Å². The fourth-order valence-corrected chi connectivity index (χ4v) is 2.73. The molecule has 2 aromatic carbocycles. The van der Waals surface area contributed by atoms with E-state index in [2.05, 4.69) is 24.4 Å². The SMILES string of the molecule is CCCNC(Cc1ccccc1Cl)c1ccccc1Cl. The molecular weight excluding hydrogens is 289 g/mol. The van der Waals surface area contributed by atoms with Crippen molar-refractivity contribution in [2.75, 3.05) is 6.54 Å². The zero-order valence-electron chi connectivity index (χ0n) is 11.6. The van der Waals surface area contributed by atoms with Crippen LogP contribution < -0.4 is 5.32 Å². The third-order valence-electron chi connectivity index (χ3n) is 3.30. The van der Waals surface area contributed by atoms with Gasteiger partial charge in [0.05, 0.1) is 0 Å². The monoisotopic (exact) mass is 307 g/mol. The van der Waals surface area contributed by atoms with Gasteiger partial charge in [-0.3, -0.25) is 0 Å². The number of benzene rings is 2. The van der Waals surface area contributed by atoms with Gasteiger partial charge in [-0.2, -0.15) is 0 Å². The van der Waals surface area contributed by atoms with Gasteiger partial charge >= 0.3 is 0 Å². The predicted molar refractivity (Wildman–Crippen MR) is 87.6 cm³/mol. The molecular formula is C17H19Cl2N. The summed E-state index contributed by atoms with van der Waals surface area (Å²) in [6.45, 7) is 3.12. The highest BCUT2D eigenvalue weighted by Crippen LogP contribution is 2.28. The Morgan fingerprint density at radius 1 is 0.950 bits per heavy atom. The van der Waals surface area contributed by atoms with Crippen molar-refractivity contribution in [1.29, 1.82) is 0 Å². The largest absolute Gasteiger partial charge is 0.310 e. The second-order valence-electron chi connectivity index (χ2n) is 4.82. The normalized spacial score (nSPS) is 12.3. The van der Waals surface area contributed by atoms with E-state index in [0.29, 0.717) is 0 Å². The standard InChI is InChI=1S/C17H19Cl2N/c1-2-11-20-17(14-8-4-6-10-16(14)19)12-13-7-3-5-9-15(13)18/h3-10,17,20H,2,11-12H2,1H3. The smallest absolute Gasteiger partial charge is 0.0453 e. The fraction of sp³-hybridized carbons (Fsp3) is 0.294. The van der Waals surface area contributed by atoms with Gasteiger partial charge in [-0.1, -0.05) is 66.5 Å². The number of hydrogen-bond acceptors (Lipinski definition) is 1. The molecule has 2 aromatic rings. The summed E-state index contributed by atoms with van der Waals surface area (Å²) in [4.78, 5) is 0. The summed E-state index contributed by atoms with van der Waals surface area (Å²) in [5.41, 5.74) is 2.27. The van der Waals surface area contributed by atoms with E-state index in [1.807, 2.05) is 36.4 Å². The lowest BCUT2D eigenvalue weighted by Crippen LogP contribution is -2.24. The molecule has 0 aliphatic heterocycles. The van der Waals surface area contributed by atoms with Gasteiger partial charge in [0, 0.05) is 16.1 Å². The summed E-state index contributed by atoms with van der Waals surface area (Å²) in [6.07, 6.45) is 1.92. The number of nitrogens with one attached hydrogen (secondary N) is 1. The first-order valence-electron chi connectivity index (χ1n) is 6.93. The average molecular weight is 308 g/mol. The highest BCUT2D eigenvalue weighted by molar-refractivity contribution is 6.31. The van der Waals surface area contributed by atoms with Gasteiger partial charge in [0.1, 0.15) is 0 Å². The Balaban J connectivity index is 2.24. The van der Waals surface area contributed by atoms with Crippen molar-refractivity contribution in [3.8, 4) is 0 Å². The molecule has 1 nitrogen and oxygen atoms in total. The maximum Gasteiger partial charge on any atom is 0.0453 e. The molecule has 106 valence electrons. The lowest BCUT2D eigenvalue weighted by molar-refractivity contribution is 0.529. The number of hydrogen-bond donors (Lipinski definition) is 1. The minimum absolute atomic E-state index is 0.184. The van der Waals surface area contributed by atoms with Gasteiger partial charge in [-0.15, -0.1) is 0 Å². The van der Waals surface area contributed by atoms with Gasteiger partial charge in [-0.25, -0.2) is 0 Å². The zero-order valence-corrected chi connectivity index (χ0v) is 13.1. The fourth-order valence-electron chi connectivity index (χ4n) is 2.25. The molecule has 1 unspecified atom stereocenters. The Morgan fingerprint density at radius 2 is 1.60 bits per heavy atom. The van der Waals surface area contributed by atoms with E-state index < -0.39 is 0 Å².